The Bertz CT molecular complexity index is 604. The van der Waals surface area contributed by atoms with Crippen molar-refractivity contribution < 1.29 is 30.2 Å². The van der Waals surface area contributed by atoms with E-state index in [4.69, 9.17) is 4.43 Å². The Morgan fingerprint density at radius 1 is 1.00 bits per heavy atom. The van der Waals surface area contributed by atoms with Crippen molar-refractivity contribution in [3.8, 4) is 0 Å². The van der Waals surface area contributed by atoms with Crippen molar-refractivity contribution in [3.63, 3.8) is 0 Å². The van der Waals surface area contributed by atoms with Crippen molar-refractivity contribution in [2.24, 2.45) is 5.92 Å². The SMILES string of the molecule is C=C(C[C@H](C)CC=CCO[Si](C(C)C)(C(C)C)C(C)C)OS(=O)(=O)C(F)(F)F. The van der Waals surface area contributed by atoms with Crippen molar-refractivity contribution in [1.82, 2.24) is 0 Å². The lowest BCUT2D eigenvalue weighted by Gasteiger charge is -2.41. The smallest absolute Gasteiger partial charge is 0.412 e. The topological polar surface area (TPSA) is 52.6 Å². The maximum absolute atomic E-state index is 12.3. The highest BCUT2D eigenvalue weighted by molar-refractivity contribution is 7.87. The Labute approximate surface area is 169 Å². The molecule has 4 nitrogen and oxygen atoms in total. The Morgan fingerprint density at radius 2 is 1.46 bits per heavy atom. The summed E-state index contributed by atoms with van der Waals surface area (Å²) in [6.07, 6.45) is 4.39. The fraction of sp³-hybridized carbons (Fsp3) is 0.789. The van der Waals surface area contributed by atoms with Crippen molar-refractivity contribution in [3.05, 3.63) is 24.5 Å². The minimum Gasteiger partial charge on any atom is -0.412 e. The maximum Gasteiger partial charge on any atom is 0.534 e. The molecule has 166 valence electrons. The predicted octanol–water partition coefficient (Wildman–Crippen LogP) is 6.53. The first-order chi connectivity index (χ1) is 12.6. The molecule has 0 aromatic rings. The van der Waals surface area contributed by atoms with E-state index in [1.54, 1.807) is 6.92 Å². The average Bonchev–Trinajstić information content (AvgIpc) is 2.47. The summed E-state index contributed by atoms with van der Waals surface area (Å²) in [5.41, 5.74) is -4.00. The Kier molecular flexibility index (Phi) is 10.5. The zero-order valence-electron chi connectivity index (χ0n) is 18.0. The van der Waals surface area contributed by atoms with Gasteiger partial charge in [0, 0.05) is 6.42 Å². The molecule has 0 aromatic heterocycles. The molecule has 0 aliphatic carbocycles. The molecule has 0 aliphatic rings. The molecule has 0 bridgehead atoms. The lowest BCUT2D eigenvalue weighted by Crippen LogP contribution is -2.47. The van der Waals surface area contributed by atoms with Gasteiger partial charge in [0.1, 0.15) is 5.76 Å². The van der Waals surface area contributed by atoms with Crippen molar-refractivity contribution >= 4 is 18.4 Å². The van der Waals surface area contributed by atoms with Crippen LogP contribution in [0.4, 0.5) is 13.2 Å². The molecule has 0 saturated carbocycles. The van der Waals surface area contributed by atoms with Gasteiger partial charge in [-0.3, -0.25) is 0 Å². The maximum atomic E-state index is 12.3. The van der Waals surface area contributed by atoms with Gasteiger partial charge < -0.3 is 8.61 Å². The summed E-state index contributed by atoms with van der Waals surface area (Å²) < 4.78 is 69.3. The number of rotatable bonds is 12. The molecule has 0 radical (unpaired) electrons. The van der Waals surface area contributed by atoms with Gasteiger partial charge in [0.25, 0.3) is 0 Å². The molecule has 0 fully saturated rings. The predicted molar refractivity (Wildman–Crippen MR) is 110 cm³/mol. The standard InChI is InChI=1S/C19H35F3O4SSi/c1-14(2)28(15(3)4,16(5)6)25-12-10-9-11-17(7)13-18(8)26-27(23,24)19(20,21)22/h9-10,14-17H,8,11-13H2,1-7H3/t17-/m1/s1. The molecular weight excluding hydrogens is 409 g/mol. The zero-order valence-corrected chi connectivity index (χ0v) is 19.8. The van der Waals surface area contributed by atoms with Gasteiger partial charge >= 0.3 is 15.6 Å². The lowest BCUT2D eigenvalue weighted by molar-refractivity contribution is -0.0524. The van der Waals surface area contributed by atoms with Gasteiger partial charge in [0.2, 0.25) is 8.32 Å². The highest BCUT2D eigenvalue weighted by Crippen LogP contribution is 2.42. The summed E-state index contributed by atoms with van der Waals surface area (Å²) in [6.45, 7) is 18.8. The molecule has 0 heterocycles. The molecule has 0 rings (SSSR count). The molecule has 0 aliphatic heterocycles. The third kappa shape index (κ3) is 7.55. The molecular formula is C19H35F3O4SSi. The monoisotopic (exact) mass is 444 g/mol. The largest absolute Gasteiger partial charge is 0.534 e. The van der Waals surface area contributed by atoms with Crippen LogP contribution < -0.4 is 0 Å². The van der Waals surface area contributed by atoms with Gasteiger partial charge in [-0.2, -0.15) is 21.6 Å². The van der Waals surface area contributed by atoms with Crippen LogP contribution in [0.15, 0.2) is 24.5 Å². The first-order valence-corrected chi connectivity index (χ1v) is 13.1. The zero-order chi connectivity index (χ0) is 22.3. The first-order valence-electron chi connectivity index (χ1n) is 9.55. The minimum absolute atomic E-state index is 0.0170. The molecule has 28 heavy (non-hydrogen) atoms. The van der Waals surface area contributed by atoms with E-state index in [1.165, 1.54) is 0 Å². The molecule has 0 amide bonds. The summed E-state index contributed by atoms with van der Waals surface area (Å²) in [7, 11) is -7.58. The van der Waals surface area contributed by atoms with E-state index in [0.717, 1.165) is 0 Å². The molecule has 1 atom stereocenters. The highest BCUT2D eigenvalue weighted by atomic mass is 32.2. The summed E-state index contributed by atoms with van der Waals surface area (Å²) >= 11 is 0. The van der Waals surface area contributed by atoms with Crippen LogP contribution in [0.5, 0.6) is 0 Å². The number of hydrogen-bond donors (Lipinski definition) is 0. The Morgan fingerprint density at radius 3 is 1.86 bits per heavy atom. The molecule has 0 unspecified atom stereocenters. The summed E-state index contributed by atoms with van der Waals surface area (Å²) in [4.78, 5) is 0. The average molecular weight is 445 g/mol. The van der Waals surface area contributed by atoms with Crippen LogP contribution in [0.1, 0.15) is 61.3 Å². The second-order valence-corrected chi connectivity index (χ2v) is 15.2. The number of allylic oxidation sites excluding steroid dienone is 2. The Hall–Kier alpha value is -0.803. The fourth-order valence-corrected chi connectivity index (χ4v) is 9.66. The lowest BCUT2D eigenvalue weighted by atomic mass is 10.0. The number of hydrogen-bond acceptors (Lipinski definition) is 4. The van der Waals surface area contributed by atoms with Crippen LogP contribution in [0.25, 0.3) is 0 Å². The van der Waals surface area contributed by atoms with Crippen LogP contribution >= 0.6 is 0 Å². The molecule has 0 saturated heterocycles. The van der Waals surface area contributed by atoms with E-state index in [9.17, 15) is 21.6 Å². The van der Waals surface area contributed by atoms with E-state index in [1.807, 2.05) is 12.2 Å². The van der Waals surface area contributed by atoms with Crippen molar-refractivity contribution in [2.75, 3.05) is 6.61 Å². The highest BCUT2D eigenvalue weighted by Gasteiger charge is 2.48. The van der Waals surface area contributed by atoms with Gasteiger partial charge in [0.15, 0.2) is 0 Å². The van der Waals surface area contributed by atoms with Crippen LogP contribution in [-0.2, 0) is 18.7 Å². The Balaban J connectivity index is 4.63. The second-order valence-electron chi connectivity index (χ2n) is 8.17. The van der Waals surface area contributed by atoms with Crippen LogP contribution in [0, 0.1) is 5.92 Å². The molecule has 0 aromatic carbocycles. The van der Waals surface area contributed by atoms with Crippen molar-refractivity contribution in [1.29, 1.82) is 0 Å². The number of alkyl halides is 3. The quantitative estimate of drug-likeness (QED) is 0.113. The van der Waals surface area contributed by atoms with Crippen molar-refractivity contribution in [2.45, 2.75) is 83.4 Å². The van der Waals surface area contributed by atoms with E-state index in [0.29, 0.717) is 29.7 Å². The van der Waals surface area contributed by atoms with E-state index in [-0.39, 0.29) is 12.3 Å². The van der Waals surface area contributed by atoms with Gasteiger partial charge in [-0.05, 0) is 29.0 Å². The second kappa shape index (κ2) is 10.8. The van der Waals surface area contributed by atoms with Crippen LogP contribution in [0.2, 0.25) is 16.6 Å². The number of halogens is 3. The van der Waals surface area contributed by atoms with Gasteiger partial charge in [0.05, 0.1) is 6.61 Å². The summed E-state index contributed by atoms with van der Waals surface area (Å²) in [6, 6.07) is 0. The summed E-state index contributed by atoms with van der Waals surface area (Å²) in [5.74, 6) is -0.533. The third-order valence-electron chi connectivity index (χ3n) is 4.93. The van der Waals surface area contributed by atoms with E-state index < -0.39 is 29.7 Å². The van der Waals surface area contributed by atoms with Gasteiger partial charge in [-0.15, -0.1) is 0 Å². The third-order valence-corrected chi connectivity index (χ3v) is 12.0. The van der Waals surface area contributed by atoms with E-state index in [2.05, 4.69) is 52.3 Å². The molecule has 9 heteroatoms. The van der Waals surface area contributed by atoms with Crippen LogP contribution in [-0.4, -0.2) is 28.9 Å². The van der Waals surface area contributed by atoms with Gasteiger partial charge in [-0.25, -0.2) is 0 Å². The first kappa shape index (κ1) is 27.2. The fourth-order valence-electron chi connectivity index (χ4n) is 3.80. The normalized spacial score (nSPS) is 15.0. The minimum atomic E-state index is -5.65. The molecule has 0 N–H and O–H groups in total. The molecule has 0 spiro atoms. The summed E-state index contributed by atoms with van der Waals surface area (Å²) in [5, 5.41) is 0. The van der Waals surface area contributed by atoms with Crippen LogP contribution in [0.3, 0.4) is 0 Å². The van der Waals surface area contributed by atoms with E-state index >= 15 is 0 Å². The van der Waals surface area contributed by atoms with Gasteiger partial charge in [-0.1, -0.05) is 67.2 Å².